The van der Waals surface area contributed by atoms with E-state index in [0.717, 1.165) is 12.8 Å². The molecule has 0 aliphatic carbocycles. The zero-order valence-corrected chi connectivity index (χ0v) is 15.6. The Bertz CT molecular complexity index is 730. The lowest BCUT2D eigenvalue weighted by atomic mass is 10.3. The van der Waals surface area contributed by atoms with Gasteiger partial charge in [-0.15, -0.1) is 0 Å². The first-order valence-corrected chi connectivity index (χ1v) is 8.75. The summed E-state index contributed by atoms with van der Waals surface area (Å²) in [4.78, 5) is 26.1. The number of carbonyl (C=O) groups excluding carboxylic acids is 2. The number of halogens is 1. The number of amides is 2. The number of anilines is 1. The van der Waals surface area contributed by atoms with Crippen molar-refractivity contribution < 1.29 is 18.8 Å². The molecular formula is C18H22ClN3O4. The summed E-state index contributed by atoms with van der Waals surface area (Å²) in [5.41, 5.74) is 0. The second-order valence-electron chi connectivity index (χ2n) is 5.78. The summed E-state index contributed by atoms with van der Waals surface area (Å²) in [7, 11) is 0. The number of carbonyl (C=O) groups is 2. The number of aryl methyl sites for hydroxylation is 1. The monoisotopic (exact) mass is 379 g/mol. The Morgan fingerprint density at radius 1 is 1.31 bits per heavy atom. The maximum atomic E-state index is 12.4. The molecule has 1 heterocycles. The fourth-order valence-electron chi connectivity index (χ4n) is 2.19. The third-order valence-electron chi connectivity index (χ3n) is 3.54. The molecule has 0 aliphatic rings. The van der Waals surface area contributed by atoms with Crippen LogP contribution in [0, 0.1) is 6.92 Å². The molecule has 1 aromatic carbocycles. The highest BCUT2D eigenvalue weighted by Crippen LogP contribution is 2.15. The van der Waals surface area contributed by atoms with Crippen LogP contribution in [0.2, 0.25) is 5.02 Å². The van der Waals surface area contributed by atoms with Crippen molar-refractivity contribution in [1.29, 1.82) is 0 Å². The van der Waals surface area contributed by atoms with E-state index in [0.29, 0.717) is 28.9 Å². The van der Waals surface area contributed by atoms with Crippen LogP contribution < -0.4 is 10.1 Å². The van der Waals surface area contributed by atoms with E-state index in [2.05, 4.69) is 10.5 Å². The van der Waals surface area contributed by atoms with E-state index in [1.54, 1.807) is 37.3 Å². The Morgan fingerprint density at radius 2 is 2.04 bits per heavy atom. The summed E-state index contributed by atoms with van der Waals surface area (Å²) >= 11 is 5.82. The summed E-state index contributed by atoms with van der Waals surface area (Å²) in [6.45, 7) is 4.00. The summed E-state index contributed by atoms with van der Waals surface area (Å²) in [5, 5.41) is 6.91. The minimum atomic E-state index is -0.339. The molecule has 1 N–H and O–H groups in total. The lowest BCUT2D eigenvalue weighted by Crippen LogP contribution is -2.41. The van der Waals surface area contributed by atoms with Gasteiger partial charge < -0.3 is 19.5 Å². The molecule has 140 valence electrons. The fourth-order valence-corrected chi connectivity index (χ4v) is 2.32. The minimum absolute atomic E-state index is 0.0747. The van der Waals surface area contributed by atoms with Gasteiger partial charge in [0.15, 0.2) is 12.4 Å². The number of aromatic nitrogens is 1. The van der Waals surface area contributed by atoms with Crippen LogP contribution in [0.1, 0.15) is 25.5 Å². The number of unbranched alkanes of at least 4 members (excludes halogenated alkanes) is 1. The number of benzene rings is 1. The highest BCUT2D eigenvalue weighted by molar-refractivity contribution is 6.30. The zero-order chi connectivity index (χ0) is 18.9. The van der Waals surface area contributed by atoms with E-state index >= 15 is 0 Å². The molecule has 0 saturated heterocycles. The van der Waals surface area contributed by atoms with Gasteiger partial charge in [0.05, 0.1) is 0 Å². The first-order chi connectivity index (χ1) is 12.5. The van der Waals surface area contributed by atoms with Crippen LogP contribution in [0.3, 0.4) is 0 Å². The molecule has 1 aromatic heterocycles. The van der Waals surface area contributed by atoms with Crippen molar-refractivity contribution in [1.82, 2.24) is 10.1 Å². The Labute approximate surface area is 157 Å². The second kappa shape index (κ2) is 9.82. The molecule has 0 fully saturated rings. The van der Waals surface area contributed by atoms with E-state index in [9.17, 15) is 9.59 Å². The third-order valence-corrected chi connectivity index (χ3v) is 3.79. The Balaban J connectivity index is 1.90. The average molecular weight is 380 g/mol. The maximum absolute atomic E-state index is 12.4. The van der Waals surface area contributed by atoms with Crippen LogP contribution >= 0.6 is 11.6 Å². The number of ether oxygens (including phenoxy) is 1. The van der Waals surface area contributed by atoms with E-state index in [-0.39, 0.29) is 25.0 Å². The van der Waals surface area contributed by atoms with Crippen LogP contribution in [0.15, 0.2) is 34.9 Å². The van der Waals surface area contributed by atoms with Gasteiger partial charge in [-0.05, 0) is 37.6 Å². The number of rotatable bonds is 9. The minimum Gasteiger partial charge on any atom is -0.484 e. The van der Waals surface area contributed by atoms with Crippen molar-refractivity contribution >= 4 is 29.2 Å². The normalized spacial score (nSPS) is 10.4. The molecule has 0 radical (unpaired) electrons. The van der Waals surface area contributed by atoms with Crippen molar-refractivity contribution in [3.63, 3.8) is 0 Å². The van der Waals surface area contributed by atoms with Gasteiger partial charge in [-0.2, -0.15) is 0 Å². The van der Waals surface area contributed by atoms with Crippen molar-refractivity contribution in [2.75, 3.05) is 25.0 Å². The highest BCUT2D eigenvalue weighted by Gasteiger charge is 2.18. The first kappa shape index (κ1) is 19.8. The van der Waals surface area contributed by atoms with E-state index in [1.165, 1.54) is 4.90 Å². The number of nitrogens with one attached hydrogen (secondary N) is 1. The van der Waals surface area contributed by atoms with Crippen LogP contribution in [0.25, 0.3) is 0 Å². The van der Waals surface area contributed by atoms with Gasteiger partial charge >= 0.3 is 0 Å². The molecule has 0 bridgehead atoms. The third kappa shape index (κ3) is 6.40. The van der Waals surface area contributed by atoms with Gasteiger partial charge in [0.25, 0.3) is 5.91 Å². The van der Waals surface area contributed by atoms with E-state index in [1.807, 2.05) is 6.92 Å². The van der Waals surface area contributed by atoms with Crippen molar-refractivity contribution in [2.45, 2.75) is 26.7 Å². The molecule has 2 aromatic rings. The first-order valence-electron chi connectivity index (χ1n) is 8.37. The molecule has 0 spiro atoms. The number of nitrogens with zero attached hydrogens (tertiary/aromatic N) is 2. The van der Waals surface area contributed by atoms with Crippen LogP contribution in [0.5, 0.6) is 5.75 Å². The predicted octanol–water partition coefficient (Wildman–Crippen LogP) is 3.28. The smallest absolute Gasteiger partial charge is 0.260 e. The quantitative estimate of drug-likeness (QED) is 0.722. The standard InChI is InChI=1S/C18H22ClN3O4/c1-3-4-9-22(11-17(23)20-16-10-13(2)26-21-16)18(24)12-25-15-7-5-14(19)6-8-15/h5-8,10H,3-4,9,11-12H2,1-2H3,(H,20,21,23). The van der Waals surface area contributed by atoms with Gasteiger partial charge in [0.1, 0.15) is 18.1 Å². The molecule has 8 heteroatoms. The number of hydrogen-bond donors (Lipinski definition) is 1. The molecule has 7 nitrogen and oxygen atoms in total. The largest absolute Gasteiger partial charge is 0.484 e. The molecule has 0 atom stereocenters. The van der Waals surface area contributed by atoms with Crippen molar-refractivity contribution in [3.05, 3.63) is 41.1 Å². The van der Waals surface area contributed by atoms with Crippen LogP contribution in [0.4, 0.5) is 5.82 Å². The fraction of sp³-hybridized carbons (Fsp3) is 0.389. The van der Waals surface area contributed by atoms with Gasteiger partial charge in [-0.25, -0.2) is 0 Å². The van der Waals surface area contributed by atoms with Gasteiger partial charge in [-0.3, -0.25) is 9.59 Å². The molecule has 0 aliphatic heterocycles. The Hall–Kier alpha value is -2.54. The maximum Gasteiger partial charge on any atom is 0.260 e. The van der Waals surface area contributed by atoms with Crippen molar-refractivity contribution in [3.8, 4) is 5.75 Å². The SMILES string of the molecule is CCCCN(CC(=O)Nc1cc(C)on1)C(=O)COc1ccc(Cl)cc1. The van der Waals surface area contributed by atoms with Gasteiger partial charge in [0.2, 0.25) is 5.91 Å². The van der Waals surface area contributed by atoms with Gasteiger partial charge in [0, 0.05) is 17.6 Å². The average Bonchev–Trinajstić information content (AvgIpc) is 3.02. The predicted molar refractivity (Wildman–Crippen MR) is 98.3 cm³/mol. The lowest BCUT2D eigenvalue weighted by molar-refractivity contribution is -0.136. The molecule has 2 amide bonds. The Morgan fingerprint density at radius 3 is 2.65 bits per heavy atom. The molecule has 2 rings (SSSR count). The van der Waals surface area contributed by atoms with E-state index < -0.39 is 0 Å². The molecule has 26 heavy (non-hydrogen) atoms. The molecule has 0 saturated carbocycles. The van der Waals surface area contributed by atoms with Crippen LogP contribution in [-0.4, -0.2) is 41.6 Å². The summed E-state index contributed by atoms with van der Waals surface area (Å²) in [6, 6.07) is 8.35. The number of hydrogen-bond acceptors (Lipinski definition) is 5. The van der Waals surface area contributed by atoms with Gasteiger partial charge in [-0.1, -0.05) is 30.1 Å². The Kier molecular flexibility index (Phi) is 7.47. The lowest BCUT2D eigenvalue weighted by Gasteiger charge is -2.22. The second-order valence-corrected chi connectivity index (χ2v) is 6.22. The molecule has 0 unspecified atom stereocenters. The van der Waals surface area contributed by atoms with Crippen molar-refractivity contribution in [2.24, 2.45) is 0 Å². The molecular weight excluding hydrogens is 358 g/mol. The zero-order valence-electron chi connectivity index (χ0n) is 14.8. The topological polar surface area (TPSA) is 84.7 Å². The van der Waals surface area contributed by atoms with Crippen LogP contribution in [-0.2, 0) is 9.59 Å². The summed E-state index contributed by atoms with van der Waals surface area (Å²) in [6.07, 6.45) is 1.70. The highest BCUT2D eigenvalue weighted by atomic mass is 35.5. The summed E-state index contributed by atoms with van der Waals surface area (Å²) in [5.74, 6) is 0.859. The van der Waals surface area contributed by atoms with E-state index in [4.69, 9.17) is 20.9 Å². The summed E-state index contributed by atoms with van der Waals surface area (Å²) < 4.78 is 10.4.